The number of piperazine rings is 1. The zero-order chi connectivity index (χ0) is 10.7. The number of nitrogens with zero attached hydrogens (tertiary/aromatic N) is 2. The molecule has 5 heteroatoms. The number of nitrogens with one attached hydrogen (secondary N) is 2. The molecule has 2 heterocycles. The van der Waals surface area contributed by atoms with E-state index in [2.05, 4.69) is 20.4 Å². The number of rotatable bonds is 2. The summed E-state index contributed by atoms with van der Waals surface area (Å²) < 4.78 is 0. The van der Waals surface area contributed by atoms with Crippen LogP contribution in [0.25, 0.3) is 0 Å². The third kappa shape index (κ3) is 2.64. The largest absolute Gasteiger partial charge is 0.314 e. The van der Waals surface area contributed by atoms with Gasteiger partial charge in [0.05, 0.1) is 5.69 Å². The van der Waals surface area contributed by atoms with Crippen LogP contribution in [0.5, 0.6) is 0 Å². The average Bonchev–Trinajstić information content (AvgIpc) is 2.25. The van der Waals surface area contributed by atoms with Gasteiger partial charge < -0.3 is 5.32 Å². The molecule has 0 aliphatic carbocycles. The molecule has 2 rings (SSSR count). The Hall–Kier alpha value is -1.20. The molecule has 0 atom stereocenters. The normalized spacial score (nSPS) is 17.9. The van der Waals surface area contributed by atoms with Crippen LogP contribution in [-0.2, 0) is 6.54 Å². The highest BCUT2D eigenvalue weighted by molar-refractivity contribution is 5.11. The van der Waals surface area contributed by atoms with Crippen molar-refractivity contribution in [3.63, 3.8) is 0 Å². The van der Waals surface area contributed by atoms with Crippen LogP contribution >= 0.6 is 0 Å². The van der Waals surface area contributed by atoms with E-state index in [0.29, 0.717) is 0 Å². The first-order valence-corrected chi connectivity index (χ1v) is 5.24. The Balaban J connectivity index is 2.09. The van der Waals surface area contributed by atoms with Crippen LogP contribution in [0.2, 0.25) is 0 Å². The van der Waals surface area contributed by atoms with E-state index in [0.717, 1.165) is 44.0 Å². The van der Waals surface area contributed by atoms with E-state index in [-0.39, 0.29) is 5.56 Å². The van der Waals surface area contributed by atoms with E-state index < -0.39 is 0 Å². The third-order valence-corrected chi connectivity index (χ3v) is 2.61. The summed E-state index contributed by atoms with van der Waals surface area (Å²) in [5, 5.41) is 9.66. The summed E-state index contributed by atoms with van der Waals surface area (Å²) in [4.78, 5) is 13.8. The second-order valence-corrected chi connectivity index (χ2v) is 3.89. The molecule has 0 amide bonds. The molecule has 0 saturated carbocycles. The van der Waals surface area contributed by atoms with Gasteiger partial charge in [0.25, 0.3) is 5.56 Å². The van der Waals surface area contributed by atoms with Gasteiger partial charge in [0.1, 0.15) is 0 Å². The molecule has 0 bridgehead atoms. The van der Waals surface area contributed by atoms with Crippen molar-refractivity contribution in [2.75, 3.05) is 26.2 Å². The third-order valence-electron chi connectivity index (χ3n) is 2.61. The van der Waals surface area contributed by atoms with Crippen LogP contribution in [0.3, 0.4) is 0 Å². The first-order chi connectivity index (χ1) is 7.25. The number of aromatic nitrogens is 2. The van der Waals surface area contributed by atoms with E-state index in [1.807, 2.05) is 13.0 Å². The van der Waals surface area contributed by atoms with Crippen molar-refractivity contribution in [2.45, 2.75) is 13.5 Å². The van der Waals surface area contributed by atoms with E-state index in [9.17, 15) is 4.79 Å². The highest BCUT2D eigenvalue weighted by Crippen LogP contribution is 2.01. The predicted octanol–water partition coefficient (Wildman–Crippen LogP) is -0.516. The van der Waals surface area contributed by atoms with Gasteiger partial charge in [-0.05, 0) is 13.0 Å². The van der Waals surface area contributed by atoms with Gasteiger partial charge in [-0.25, -0.2) is 5.10 Å². The van der Waals surface area contributed by atoms with Gasteiger partial charge in [-0.1, -0.05) is 0 Å². The van der Waals surface area contributed by atoms with Gasteiger partial charge in [0.2, 0.25) is 0 Å². The Kier molecular flexibility index (Phi) is 3.13. The van der Waals surface area contributed by atoms with Crippen LogP contribution < -0.4 is 10.9 Å². The standard InChI is InChI=1S/C10H16N4O/c1-8-6-9(10(15)13-12-8)7-14-4-2-11-3-5-14/h6,11H,2-5,7H2,1H3,(H,13,15). The lowest BCUT2D eigenvalue weighted by atomic mass is 10.2. The lowest BCUT2D eigenvalue weighted by Crippen LogP contribution is -2.43. The van der Waals surface area contributed by atoms with E-state index in [1.54, 1.807) is 0 Å². The van der Waals surface area contributed by atoms with Gasteiger partial charge >= 0.3 is 0 Å². The Morgan fingerprint density at radius 2 is 2.20 bits per heavy atom. The summed E-state index contributed by atoms with van der Waals surface area (Å²) in [5.74, 6) is 0. The Bertz CT molecular complexity index is 381. The molecule has 1 aromatic rings. The molecule has 0 spiro atoms. The maximum Gasteiger partial charge on any atom is 0.268 e. The Morgan fingerprint density at radius 1 is 1.47 bits per heavy atom. The summed E-state index contributed by atoms with van der Waals surface area (Å²) in [6, 6.07) is 1.86. The fourth-order valence-corrected chi connectivity index (χ4v) is 1.79. The van der Waals surface area contributed by atoms with E-state index >= 15 is 0 Å². The van der Waals surface area contributed by atoms with Crippen molar-refractivity contribution in [1.82, 2.24) is 20.4 Å². The molecular weight excluding hydrogens is 192 g/mol. The molecule has 0 radical (unpaired) electrons. The zero-order valence-electron chi connectivity index (χ0n) is 8.92. The summed E-state index contributed by atoms with van der Waals surface area (Å²) in [5.41, 5.74) is 1.60. The van der Waals surface area contributed by atoms with Gasteiger partial charge in [-0.15, -0.1) is 0 Å². The Labute approximate surface area is 88.5 Å². The van der Waals surface area contributed by atoms with Crippen molar-refractivity contribution in [2.24, 2.45) is 0 Å². The minimum Gasteiger partial charge on any atom is -0.314 e. The number of aromatic amines is 1. The maximum absolute atomic E-state index is 11.5. The highest BCUT2D eigenvalue weighted by Gasteiger charge is 2.11. The summed E-state index contributed by atoms with van der Waals surface area (Å²) in [6.45, 7) is 6.61. The molecule has 1 fully saturated rings. The van der Waals surface area contributed by atoms with E-state index in [1.165, 1.54) is 0 Å². The van der Waals surface area contributed by atoms with Crippen LogP contribution in [0, 0.1) is 6.92 Å². The van der Waals surface area contributed by atoms with E-state index in [4.69, 9.17) is 0 Å². The molecule has 1 aromatic heterocycles. The lowest BCUT2D eigenvalue weighted by molar-refractivity contribution is 0.232. The molecule has 15 heavy (non-hydrogen) atoms. The van der Waals surface area contributed by atoms with Gasteiger partial charge in [-0.3, -0.25) is 9.69 Å². The molecule has 0 aromatic carbocycles. The maximum atomic E-state index is 11.5. The molecule has 5 nitrogen and oxygen atoms in total. The second-order valence-electron chi connectivity index (χ2n) is 3.89. The second kappa shape index (κ2) is 4.55. The molecule has 0 unspecified atom stereocenters. The van der Waals surface area contributed by atoms with Crippen LogP contribution in [0.15, 0.2) is 10.9 Å². The molecule has 1 saturated heterocycles. The van der Waals surface area contributed by atoms with Gasteiger partial charge in [0, 0.05) is 38.3 Å². The first-order valence-electron chi connectivity index (χ1n) is 5.24. The minimum atomic E-state index is -0.0702. The fourth-order valence-electron chi connectivity index (χ4n) is 1.79. The number of aryl methyl sites for hydroxylation is 1. The van der Waals surface area contributed by atoms with Crippen molar-refractivity contribution in [3.05, 3.63) is 27.7 Å². The first kappa shape index (κ1) is 10.3. The summed E-state index contributed by atoms with van der Waals surface area (Å²) in [7, 11) is 0. The molecule has 2 N–H and O–H groups in total. The zero-order valence-corrected chi connectivity index (χ0v) is 8.92. The number of H-pyrrole nitrogens is 1. The van der Waals surface area contributed by atoms with Gasteiger partial charge in [0.15, 0.2) is 0 Å². The Morgan fingerprint density at radius 3 is 2.93 bits per heavy atom. The van der Waals surface area contributed by atoms with Crippen LogP contribution in [0.1, 0.15) is 11.3 Å². The quantitative estimate of drug-likeness (QED) is 0.687. The number of hydrogen-bond acceptors (Lipinski definition) is 4. The molecule has 82 valence electrons. The van der Waals surface area contributed by atoms with Crippen molar-refractivity contribution in [1.29, 1.82) is 0 Å². The lowest BCUT2D eigenvalue weighted by Gasteiger charge is -2.26. The van der Waals surface area contributed by atoms with Crippen molar-refractivity contribution in [3.8, 4) is 0 Å². The van der Waals surface area contributed by atoms with Gasteiger partial charge in [-0.2, -0.15) is 5.10 Å². The monoisotopic (exact) mass is 208 g/mol. The summed E-state index contributed by atoms with van der Waals surface area (Å²) >= 11 is 0. The topological polar surface area (TPSA) is 61.0 Å². The van der Waals surface area contributed by atoms with Crippen molar-refractivity contribution < 1.29 is 0 Å². The SMILES string of the molecule is Cc1cc(CN2CCNCC2)c(=O)[nH]n1. The molecule has 1 aliphatic rings. The van der Waals surface area contributed by atoms with Crippen molar-refractivity contribution >= 4 is 0 Å². The highest BCUT2D eigenvalue weighted by atomic mass is 16.1. The summed E-state index contributed by atoms with van der Waals surface area (Å²) in [6.07, 6.45) is 0. The minimum absolute atomic E-state index is 0.0702. The molecular formula is C10H16N4O. The predicted molar refractivity (Wildman–Crippen MR) is 57.7 cm³/mol. The molecule has 1 aliphatic heterocycles. The number of hydrogen-bond donors (Lipinski definition) is 2. The average molecular weight is 208 g/mol. The van der Waals surface area contributed by atoms with Crippen LogP contribution in [-0.4, -0.2) is 41.3 Å². The fraction of sp³-hybridized carbons (Fsp3) is 0.600. The van der Waals surface area contributed by atoms with Crippen LogP contribution in [0.4, 0.5) is 0 Å². The smallest absolute Gasteiger partial charge is 0.268 e.